The number of benzene rings is 3. The van der Waals surface area contributed by atoms with Crippen molar-refractivity contribution in [2.75, 3.05) is 23.7 Å². The molecule has 0 aromatic heterocycles. The summed E-state index contributed by atoms with van der Waals surface area (Å²) in [6.45, 7) is 2.08. The maximum atomic E-state index is 14.4. The van der Waals surface area contributed by atoms with E-state index in [2.05, 4.69) is 5.32 Å². The Bertz CT molecular complexity index is 1420. The molecule has 3 aromatic rings. The van der Waals surface area contributed by atoms with Crippen molar-refractivity contribution in [3.63, 3.8) is 0 Å². The van der Waals surface area contributed by atoms with Gasteiger partial charge in [0.25, 0.3) is 0 Å². The number of halogens is 3. The summed E-state index contributed by atoms with van der Waals surface area (Å²) in [7, 11) is -3.82. The van der Waals surface area contributed by atoms with E-state index in [0.717, 1.165) is 16.1 Å². The normalized spacial score (nSPS) is 12.0. The van der Waals surface area contributed by atoms with Crippen LogP contribution in [0, 0.1) is 5.82 Å². The first-order chi connectivity index (χ1) is 19.0. The van der Waals surface area contributed by atoms with Crippen LogP contribution in [0.3, 0.4) is 0 Å². The molecule has 2 amide bonds. The van der Waals surface area contributed by atoms with E-state index in [-0.39, 0.29) is 49.9 Å². The number of amides is 2. The Balaban J connectivity index is 1.90. The molecule has 0 bridgehead atoms. The standard InChI is InChI=1S/C29H32Cl2FN3O4S/c1-3-33-29(37)27(18-21-10-5-4-6-11-21)34(20-22-15-16-23(30)19-24(22)31)28(36)14-9-17-35(40(2,38)39)26-13-8-7-12-25(26)32/h4-8,10-13,15-16,19,27H,3,9,14,17-18,20H2,1-2H3,(H,33,37). The molecule has 1 atom stereocenters. The number of hydrogen-bond donors (Lipinski definition) is 1. The van der Waals surface area contributed by atoms with Crippen LogP contribution in [0.2, 0.25) is 10.0 Å². The molecule has 0 aliphatic carbocycles. The number of nitrogens with zero attached hydrogens (tertiary/aromatic N) is 2. The average Bonchev–Trinajstić information content (AvgIpc) is 2.90. The van der Waals surface area contributed by atoms with Gasteiger partial charge in [-0.1, -0.05) is 71.7 Å². The Morgan fingerprint density at radius 2 is 1.68 bits per heavy atom. The first-order valence-corrected chi connectivity index (χ1v) is 15.4. The third kappa shape index (κ3) is 8.68. The van der Waals surface area contributed by atoms with Gasteiger partial charge in [-0.25, -0.2) is 12.8 Å². The maximum absolute atomic E-state index is 14.4. The maximum Gasteiger partial charge on any atom is 0.243 e. The topological polar surface area (TPSA) is 86.8 Å². The van der Waals surface area contributed by atoms with Gasteiger partial charge < -0.3 is 10.2 Å². The highest BCUT2D eigenvalue weighted by atomic mass is 35.5. The Labute approximate surface area is 244 Å². The van der Waals surface area contributed by atoms with Crippen LogP contribution >= 0.6 is 23.2 Å². The fourth-order valence-corrected chi connectivity index (χ4v) is 5.75. The number of nitrogens with one attached hydrogen (secondary N) is 1. The molecule has 1 unspecified atom stereocenters. The molecular formula is C29H32Cl2FN3O4S. The molecular weight excluding hydrogens is 576 g/mol. The van der Waals surface area contributed by atoms with Crippen LogP contribution in [0.1, 0.15) is 30.9 Å². The molecule has 0 fully saturated rings. The van der Waals surface area contributed by atoms with Crippen molar-refractivity contribution in [2.45, 2.75) is 38.8 Å². The fourth-order valence-electron chi connectivity index (χ4n) is 4.32. The Morgan fingerprint density at radius 3 is 2.30 bits per heavy atom. The van der Waals surface area contributed by atoms with Crippen LogP contribution in [0.25, 0.3) is 0 Å². The Kier molecular flexibility index (Phi) is 11.4. The summed E-state index contributed by atoms with van der Waals surface area (Å²) in [6.07, 6.45) is 1.25. The van der Waals surface area contributed by atoms with E-state index in [1.165, 1.54) is 23.1 Å². The van der Waals surface area contributed by atoms with Crippen molar-refractivity contribution in [1.29, 1.82) is 0 Å². The lowest BCUT2D eigenvalue weighted by molar-refractivity contribution is -0.141. The Morgan fingerprint density at radius 1 is 1.00 bits per heavy atom. The molecule has 0 radical (unpaired) electrons. The van der Waals surface area contributed by atoms with Gasteiger partial charge >= 0.3 is 0 Å². The molecule has 0 spiro atoms. The molecule has 3 aromatic carbocycles. The lowest BCUT2D eigenvalue weighted by atomic mass is 10.0. The smallest absolute Gasteiger partial charge is 0.243 e. The van der Waals surface area contributed by atoms with Gasteiger partial charge in [-0.3, -0.25) is 13.9 Å². The number of hydrogen-bond acceptors (Lipinski definition) is 4. The van der Waals surface area contributed by atoms with E-state index >= 15 is 0 Å². The van der Waals surface area contributed by atoms with Crippen LogP contribution in [0.4, 0.5) is 10.1 Å². The number of anilines is 1. The van der Waals surface area contributed by atoms with Gasteiger partial charge in [-0.2, -0.15) is 0 Å². The highest BCUT2D eigenvalue weighted by molar-refractivity contribution is 7.92. The van der Waals surface area contributed by atoms with Crippen LogP contribution in [0.15, 0.2) is 72.8 Å². The number of sulfonamides is 1. The summed E-state index contributed by atoms with van der Waals surface area (Å²) in [5, 5.41) is 3.60. The lowest BCUT2D eigenvalue weighted by Crippen LogP contribution is -2.50. The summed E-state index contributed by atoms with van der Waals surface area (Å²) < 4.78 is 40.3. The summed E-state index contributed by atoms with van der Waals surface area (Å²) in [5.41, 5.74) is 1.37. The zero-order valence-corrected chi connectivity index (χ0v) is 24.6. The molecule has 3 rings (SSSR count). The highest BCUT2D eigenvalue weighted by Gasteiger charge is 2.31. The van der Waals surface area contributed by atoms with Crippen molar-refractivity contribution >= 4 is 50.7 Å². The molecule has 0 saturated carbocycles. The lowest BCUT2D eigenvalue weighted by Gasteiger charge is -2.32. The van der Waals surface area contributed by atoms with E-state index in [1.54, 1.807) is 31.2 Å². The van der Waals surface area contributed by atoms with E-state index in [0.29, 0.717) is 22.2 Å². The summed E-state index contributed by atoms with van der Waals surface area (Å²) in [5.74, 6) is -1.38. The number of rotatable bonds is 13. The molecule has 0 saturated heterocycles. The monoisotopic (exact) mass is 607 g/mol. The zero-order valence-electron chi connectivity index (χ0n) is 22.3. The molecule has 7 nitrogen and oxygen atoms in total. The zero-order chi connectivity index (χ0) is 29.3. The predicted molar refractivity (Wildman–Crippen MR) is 157 cm³/mol. The summed E-state index contributed by atoms with van der Waals surface area (Å²) in [6, 6.07) is 19.0. The molecule has 0 heterocycles. The first-order valence-electron chi connectivity index (χ1n) is 12.8. The number of carbonyl (C=O) groups excluding carboxylic acids is 2. The molecule has 214 valence electrons. The minimum absolute atomic E-state index is 0.0343. The van der Waals surface area contributed by atoms with E-state index in [1.807, 2.05) is 30.3 Å². The number of carbonyl (C=O) groups is 2. The third-order valence-corrected chi connectivity index (χ3v) is 8.02. The van der Waals surface area contributed by atoms with E-state index in [9.17, 15) is 22.4 Å². The van der Waals surface area contributed by atoms with Gasteiger partial charge in [0.05, 0.1) is 11.9 Å². The first kappa shape index (κ1) is 31.4. The van der Waals surface area contributed by atoms with Crippen LogP contribution in [-0.2, 0) is 32.6 Å². The van der Waals surface area contributed by atoms with E-state index < -0.39 is 21.9 Å². The van der Waals surface area contributed by atoms with Crippen molar-refractivity contribution in [2.24, 2.45) is 0 Å². The number of para-hydroxylation sites is 1. The molecule has 0 aliphatic heterocycles. The quantitative estimate of drug-likeness (QED) is 0.280. The van der Waals surface area contributed by atoms with Crippen LogP contribution < -0.4 is 9.62 Å². The minimum atomic E-state index is -3.82. The Hall–Kier alpha value is -3.14. The fraction of sp³-hybridized carbons (Fsp3) is 0.310. The van der Waals surface area contributed by atoms with Gasteiger partial charge in [-0.15, -0.1) is 0 Å². The minimum Gasteiger partial charge on any atom is -0.355 e. The van der Waals surface area contributed by atoms with Crippen molar-refractivity contribution in [1.82, 2.24) is 10.2 Å². The van der Waals surface area contributed by atoms with Crippen LogP contribution in [0.5, 0.6) is 0 Å². The summed E-state index contributed by atoms with van der Waals surface area (Å²) >= 11 is 12.5. The van der Waals surface area contributed by atoms with Gasteiger partial charge in [-0.05, 0) is 48.7 Å². The third-order valence-electron chi connectivity index (χ3n) is 6.25. The summed E-state index contributed by atoms with van der Waals surface area (Å²) in [4.78, 5) is 28.5. The van der Waals surface area contributed by atoms with Gasteiger partial charge in [0.15, 0.2) is 0 Å². The van der Waals surface area contributed by atoms with Crippen LogP contribution in [-0.4, -0.2) is 50.5 Å². The SMILES string of the molecule is CCNC(=O)C(Cc1ccccc1)N(Cc1ccc(Cl)cc1Cl)C(=O)CCCN(c1ccccc1F)S(C)(=O)=O. The molecule has 1 N–H and O–H groups in total. The van der Waals surface area contributed by atoms with Gasteiger partial charge in [0, 0.05) is 42.5 Å². The second-order valence-electron chi connectivity index (χ2n) is 9.25. The van der Waals surface area contributed by atoms with Crippen molar-refractivity contribution < 1.29 is 22.4 Å². The van der Waals surface area contributed by atoms with Crippen molar-refractivity contribution in [3.8, 4) is 0 Å². The number of likely N-dealkylation sites (N-methyl/N-ethyl adjacent to an activating group) is 1. The second kappa shape index (κ2) is 14.5. The largest absolute Gasteiger partial charge is 0.355 e. The molecule has 40 heavy (non-hydrogen) atoms. The highest BCUT2D eigenvalue weighted by Crippen LogP contribution is 2.26. The van der Waals surface area contributed by atoms with Gasteiger partial charge in [0.1, 0.15) is 11.9 Å². The van der Waals surface area contributed by atoms with Crippen molar-refractivity contribution in [3.05, 3.63) is 99.8 Å². The second-order valence-corrected chi connectivity index (χ2v) is 12.0. The van der Waals surface area contributed by atoms with Gasteiger partial charge in [0.2, 0.25) is 21.8 Å². The average molecular weight is 609 g/mol. The molecule has 11 heteroatoms. The predicted octanol–water partition coefficient (Wildman–Crippen LogP) is 5.45. The van der Waals surface area contributed by atoms with E-state index in [4.69, 9.17) is 23.2 Å². The molecule has 0 aliphatic rings.